The Kier molecular flexibility index (Phi) is 6.68. The molecule has 1 N–H and O–H groups in total. The van der Waals surface area contributed by atoms with Gasteiger partial charge in [-0.1, -0.05) is 12.1 Å². The summed E-state index contributed by atoms with van der Waals surface area (Å²) in [6, 6.07) is 8.26. The molecule has 1 unspecified atom stereocenters. The molecule has 27 heavy (non-hydrogen) atoms. The zero-order valence-corrected chi connectivity index (χ0v) is 17.1. The van der Waals surface area contributed by atoms with Gasteiger partial charge in [0.15, 0.2) is 0 Å². The molecule has 1 atom stereocenters. The van der Waals surface area contributed by atoms with Crippen molar-refractivity contribution in [2.75, 3.05) is 33.8 Å². The first-order valence-electron chi connectivity index (χ1n) is 9.35. The second kappa shape index (κ2) is 9.19. The summed E-state index contributed by atoms with van der Waals surface area (Å²) in [6.45, 7) is 5.23. The van der Waals surface area contributed by atoms with Gasteiger partial charge < -0.3 is 15.0 Å². The number of hydrogen-bond acceptors (Lipinski definition) is 5. The van der Waals surface area contributed by atoms with Crippen LogP contribution in [0.1, 0.15) is 35.1 Å². The monoisotopic (exact) mass is 388 g/mol. The van der Waals surface area contributed by atoms with Crippen molar-refractivity contribution in [1.29, 1.82) is 0 Å². The van der Waals surface area contributed by atoms with Crippen molar-refractivity contribution in [3.05, 3.63) is 45.9 Å². The molecule has 146 valence electrons. The van der Waals surface area contributed by atoms with E-state index in [0.717, 1.165) is 29.5 Å². The molecule has 0 saturated carbocycles. The first kappa shape index (κ1) is 19.6. The Labute approximate surface area is 165 Å². The van der Waals surface area contributed by atoms with Gasteiger partial charge in [0, 0.05) is 19.0 Å². The normalized spacial score (nSPS) is 15.5. The van der Waals surface area contributed by atoms with E-state index in [1.165, 1.54) is 18.4 Å². The molecule has 2 aromatic rings. The molecule has 6 nitrogen and oxygen atoms in total. The highest BCUT2D eigenvalue weighted by Crippen LogP contribution is 2.26. The van der Waals surface area contributed by atoms with Crippen molar-refractivity contribution in [2.45, 2.75) is 32.4 Å². The van der Waals surface area contributed by atoms with E-state index in [1.54, 1.807) is 23.3 Å². The molecular weight excluding hydrogens is 360 g/mol. The Morgan fingerprint density at radius 1 is 1.33 bits per heavy atom. The summed E-state index contributed by atoms with van der Waals surface area (Å²) in [6.07, 6.45) is 2.42. The maximum absolute atomic E-state index is 12.6. The molecule has 0 radical (unpaired) electrons. The first-order valence-corrected chi connectivity index (χ1v) is 10.2. The topological polar surface area (TPSA) is 57.7 Å². The molecule has 1 aromatic carbocycles. The van der Waals surface area contributed by atoms with Crippen LogP contribution in [0.4, 0.5) is 4.79 Å². The fraction of sp³-hybridized carbons (Fsp3) is 0.500. The molecule has 0 spiro atoms. The van der Waals surface area contributed by atoms with E-state index >= 15 is 0 Å². The fourth-order valence-electron chi connectivity index (χ4n) is 3.45. The van der Waals surface area contributed by atoms with E-state index in [-0.39, 0.29) is 12.1 Å². The van der Waals surface area contributed by atoms with Crippen LogP contribution in [-0.2, 0) is 6.54 Å². The molecule has 1 fully saturated rings. The second-order valence-corrected chi connectivity index (χ2v) is 7.99. The van der Waals surface area contributed by atoms with Crippen molar-refractivity contribution in [2.24, 2.45) is 0 Å². The Bertz CT molecular complexity index is 741. The number of nitrogens with zero attached hydrogens (tertiary/aromatic N) is 3. The number of amides is 2. The average molecular weight is 389 g/mol. The minimum Gasteiger partial charge on any atom is -0.497 e. The van der Waals surface area contributed by atoms with E-state index in [2.05, 4.69) is 27.3 Å². The molecule has 0 aliphatic carbocycles. The van der Waals surface area contributed by atoms with Crippen molar-refractivity contribution in [3.8, 4) is 5.75 Å². The number of hydrogen-bond donors (Lipinski definition) is 1. The first-order chi connectivity index (χ1) is 13.1. The summed E-state index contributed by atoms with van der Waals surface area (Å²) in [5, 5.41) is 6.13. The third-order valence-corrected chi connectivity index (χ3v) is 5.76. The number of urea groups is 1. The zero-order chi connectivity index (χ0) is 19.2. The minimum atomic E-state index is -0.0710. The van der Waals surface area contributed by atoms with E-state index in [0.29, 0.717) is 13.1 Å². The number of methoxy groups -OCH3 is 1. The minimum absolute atomic E-state index is 0.0710. The zero-order valence-electron chi connectivity index (χ0n) is 16.3. The molecule has 1 aliphatic rings. The van der Waals surface area contributed by atoms with Gasteiger partial charge in [0.05, 0.1) is 30.4 Å². The van der Waals surface area contributed by atoms with E-state index in [4.69, 9.17) is 4.74 Å². The van der Waals surface area contributed by atoms with Crippen LogP contribution in [0.5, 0.6) is 5.75 Å². The average Bonchev–Trinajstić information content (AvgIpc) is 3.34. The van der Waals surface area contributed by atoms with Crippen LogP contribution >= 0.6 is 11.3 Å². The SMILES string of the molecule is COc1ccc(C(CNC(=O)N(C)Cc2csc(C)n2)N2CCCC2)cc1. The van der Waals surface area contributed by atoms with Gasteiger partial charge >= 0.3 is 6.03 Å². The lowest BCUT2D eigenvalue weighted by molar-refractivity contribution is 0.195. The number of ether oxygens (including phenoxy) is 1. The van der Waals surface area contributed by atoms with Crippen molar-refractivity contribution >= 4 is 17.4 Å². The van der Waals surface area contributed by atoms with Gasteiger partial charge in [-0.25, -0.2) is 9.78 Å². The van der Waals surface area contributed by atoms with Crippen LogP contribution in [-0.4, -0.2) is 54.6 Å². The predicted octanol–water partition coefficient (Wildman–Crippen LogP) is 3.44. The number of carbonyl (C=O) groups excluding carboxylic acids is 1. The molecule has 1 saturated heterocycles. The molecule has 7 heteroatoms. The Hall–Kier alpha value is -2.12. The summed E-state index contributed by atoms with van der Waals surface area (Å²) in [5.74, 6) is 0.848. The number of aromatic nitrogens is 1. The Balaban J connectivity index is 1.62. The van der Waals surface area contributed by atoms with E-state index in [9.17, 15) is 4.79 Å². The number of nitrogens with one attached hydrogen (secondary N) is 1. The smallest absolute Gasteiger partial charge is 0.317 e. The number of likely N-dealkylation sites (tertiary alicyclic amines) is 1. The third-order valence-electron chi connectivity index (χ3n) is 4.94. The number of thiazole rings is 1. The second-order valence-electron chi connectivity index (χ2n) is 6.93. The lowest BCUT2D eigenvalue weighted by atomic mass is 10.1. The number of benzene rings is 1. The molecule has 1 aliphatic heterocycles. The van der Waals surface area contributed by atoms with Gasteiger partial charge in [0.2, 0.25) is 0 Å². The van der Waals surface area contributed by atoms with Crippen LogP contribution in [0.15, 0.2) is 29.6 Å². The highest BCUT2D eigenvalue weighted by Gasteiger charge is 2.24. The quantitative estimate of drug-likeness (QED) is 0.789. The molecule has 2 amide bonds. The summed E-state index contributed by atoms with van der Waals surface area (Å²) >= 11 is 1.61. The van der Waals surface area contributed by atoms with Crippen LogP contribution in [0, 0.1) is 6.92 Å². The maximum atomic E-state index is 12.6. The molecule has 0 bridgehead atoms. The lowest BCUT2D eigenvalue weighted by Gasteiger charge is -2.29. The van der Waals surface area contributed by atoms with Gasteiger partial charge in [-0.3, -0.25) is 4.90 Å². The fourth-order valence-corrected chi connectivity index (χ4v) is 4.06. The largest absolute Gasteiger partial charge is 0.497 e. The van der Waals surface area contributed by atoms with E-state index in [1.807, 2.05) is 31.5 Å². The standard InChI is InChI=1S/C20H28N4O2S/c1-15-22-17(14-27-15)13-23(2)20(25)21-12-19(24-10-4-5-11-24)16-6-8-18(26-3)9-7-16/h6-9,14,19H,4-5,10-13H2,1-3H3,(H,21,25). The third kappa shape index (κ3) is 5.20. The highest BCUT2D eigenvalue weighted by molar-refractivity contribution is 7.09. The summed E-state index contributed by atoms with van der Waals surface area (Å²) in [5.41, 5.74) is 2.14. The number of rotatable bonds is 7. The highest BCUT2D eigenvalue weighted by atomic mass is 32.1. The number of carbonyl (C=O) groups is 1. The van der Waals surface area contributed by atoms with Crippen LogP contribution < -0.4 is 10.1 Å². The van der Waals surface area contributed by atoms with Crippen LogP contribution in [0.2, 0.25) is 0 Å². The Morgan fingerprint density at radius 3 is 2.63 bits per heavy atom. The lowest BCUT2D eigenvalue weighted by Crippen LogP contribution is -2.42. The molecular formula is C20H28N4O2S. The van der Waals surface area contributed by atoms with Gasteiger partial charge in [-0.2, -0.15) is 0 Å². The summed E-state index contributed by atoms with van der Waals surface area (Å²) in [4.78, 5) is 21.1. The van der Waals surface area contributed by atoms with Gasteiger partial charge in [-0.05, 0) is 50.6 Å². The number of aryl methyl sites for hydroxylation is 1. The van der Waals surface area contributed by atoms with Crippen molar-refractivity contribution in [3.63, 3.8) is 0 Å². The maximum Gasteiger partial charge on any atom is 0.317 e. The van der Waals surface area contributed by atoms with Crippen LogP contribution in [0.25, 0.3) is 0 Å². The molecule has 1 aromatic heterocycles. The molecule has 3 rings (SSSR count). The predicted molar refractivity (Wildman–Crippen MR) is 108 cm³/mol. The van der Waals surface area contributed by atoms with Gasteiger partial charge in [0.1, 0.15) is 5.75 Å². The molecule has 2 heterocycles. The van der Waals surface area contributed by atoms with Gasteiger partial charge in [0.25, 0.3) is 0 Å². The van der Waals surface area contributed by atoms with Gasteiger partial charge in [-0.15, -0.1) is 11.3 Å². The van der Waals surface area contributed by atoms with Crippen molar-refractivity contribution in [1.82, 2.24) is 20.1 Å². The van der Waals surface area contributed by atoms with E-state index < -0.39 is 0 Å². The summed E-state index contributed by atoms with van der Waals surface area (Å²) < 4.78 is 5.27. The Morgan fingerprint density at radius 2 is 2.04 bits per heavy atom. The van der Waals surface area contributed by atoms with Crippen LogP contribution in [0.3, 0.4) is 0 Å². The van der Waals surface area contributed by atoms with Crippen molar-refractivity contribution < 1.29 is 9.53 Å². The summed E-state index contributed by atoms with van der Waals surface area (Å²) in [7, 11) is 3.48.